The summed E-state index contributed by atoms with van der Waals surface area (Å²) in [6.45, 7) is 11.0. The Bertz CT molecular complexity index is 1990. The molecule has 306 valence electrons. The molecule has 0 aromatic heterocycles. The van der Waals surface area contributed by atoms with E-state index in [1.165, 1.54) is 12.2 Å². The van der Waals surface area contributed by atoms with E-state index in [9.17, 15) is 29.1 Å². The monoisotopic (exact) mass is 796 g/mol. The lowest BCUT2D eigenvalue weighted by atomic mass is 9.98. The molecule has 1 aliphatic carbocycles. The maximum atomic E-state index is 15.2. The first-order valence-corrected chi connectivity index (χ1v) is 19.0. The maximum absolute atomic E-state index is 15.2. The molecule has 58 heavy (non-hydrogen) atoms. The van der Waals surface area contributed by atoms with Crippen molar-refractivity contribution in [2.45, 2.75) is 70.2 Å². The first-order chi connectivity index (χ1) is 27.7. The van der Waals surface area contributed by atoms with Crippen molar-refractivity contribution in [2.75, 3.05) is 32.9 Å². The minimum Gasteiger partial charge on any atom is -0.481 e. The van der Waals surface area contributed by atoms with Crippen molar-refractivity contribution in [1.29, 1.82) is 0 Å². The van der Waals surface area contributed by atoms with Crippen LogP contribution in [0.4, 0.5) is 14.4 Å². The summed E-state index contributed by atoms with van der Waals surface area (Å²) < 4.78 is 21.2. The van der Waals surface area contributed by atoms with Gasteiger partial charge in [-0.3, -0.25) is 14.5 Å². The van der Waals surface area contributed by atoms with Gasteiger partial charge < -0.3 is 29.4 Å². The molecular formula is C44H50N3O11+. The van der Waals surface area contributed by atoms with Crippen LogP contribution in [-0.2, 0) is 46.3 Å². The Kier molecular flexibility index (Phi) is 13.9. The van der Waals surface area contributed by atoms with E-state index in [0.717, 1.165) is 27.2 Å². The van der Waals surface area contributed by atoms with Crippen LogP contribution in [0.25, 0.3) is 11.1 Å². The standard InChI is InChI=1S/C44H49N3O11/c1-6-22-55-39(50)25-37(40(51)56-23-7-2)46(26-30-18-16-29(17-19-30)24-38(48)49)42(53)47(43(54)58-44(3,4)5)21-20-31(27-47)45-41(52)57-28-36-34-14-10-8-12-32(34)33-13-9-11-15-35(33)36/h6-19,31,36-37H,1-2,20-28H2,3-5H3,(H-,45,48,49,52)/p+1/t31-,37-,47?/m0/s1. The number of carboxylic acid groups (broad SMARTS) is 1. The molecule has 2 aliphatic rings. The molecule has 0 bridgehead atoms. The molecule has 3 aromatic carbocycles. The van der Waals surface area contributed by atoms with Gasteiger partial charge in [-0.05, 0) is 54.2 Å². The molecule has 4 amide bonds. The van der Waals surface area contributed by atoms with E-state index in [1.807, 2.05) is 48.5 Å². The van der Waals surface area contributed by atoms with E-state index in [0.29, 0.717) is 11.1 Å². The van der Waals surface area contributed by atoms with E-state index < -0.39 is 64.7 Å². The SMILES string of the molecule is C=CCOC(=O)C[C@@H](C(=O)OCC=C)N(Cc1ccc(CC(=O)O)cc1)C(=O)[N+]1(C(=O)OC(C)(C)C)CC[C@H](NC(=O)OCC2c3ccccc3-c3ccccc32)C1. The van der Waals surface area contributed by atoms with Crippen LogP contribution < -0.4 is 5.32 Å². The number of nitrogens with zero attached hydrogens (tertiary/aromatic N) is 2. The highest BCUT2D eigenvalue weighted by molar-refractivity contribution is 5.89. The van der Waals surface area contributed by atoms with Crippen LogP contribution in [0, 0.1) is 0 Å². The summed E-state index contributed by atoms with van der Waals surface area (Å²) in [7, 11) is 0. The quantitative estimate of drug-likeness (QED) is 0.0742. The van der Waals surface area contributed by atoms with Crippen LogP contribution in [0.5, 0.6) is 0 Å². The number of quaternary nitrogens is 1. The number of likely N-dealkylation sites (tertiary alicyclic amines) is 1. The van der Waals surface area contributed by atoms with E-state index in [2.05, 4.69) is 18.5 Å². The van der Waals surface area contributed by atoms with Gasteiger partial charge in [0.2, 0.25) is 0 Å². The smallest absolute Gasteiger partial charge is 0.481 e. The van der Waals surface area contributed by atoms with Gasteiger partial charge in [0.05, 0.1) is 25.4 Å². The number of amides is 4. The summed E-state index contributed by atoms with van der Waals surface area (Å²) in [5.74, 6) is -3.02. The van der Waals surface area contributed by atoms with Crippen LogP contribution in [0.15, 0.2) is 98.1 Å². The Morgan fingerprint density at radius 1 is 0.862 bits per heavy atom. The fourth-order valence-corrected chi connectivity index (χ4v) is 7.24. The van der Waals surface area contributed by atoms with E-state index in [-0.39, 0.29) is 58.2 Å². The molecule has 1 heterocycles. The van der Waals surface area contributed by atoms with Crippen LogP contribution in [-0.4, -0.2) is 101 Å². The average Bonchev–Trinajstić information content (AvgIpc) is 3.76. The Morgan fingerprint density at radius 3 is 2.03 bits per heavy atom. The van der Waals surface area contributed by atoms with Crippen LogP contribution in [0.3, 0.4) is 0 Å². The minimum absolute atomic E-state index is 0.0487. The number of aliphatic carboxylic acids is 1. The van der Waals surface area contributed by atoms with Gasteiger partial charge in [0.1, 0.15) is 44.6 Å². The number of carbonyl (C=O) groups excluding carboxylic acids is 5. The van der Waals surface area contributed by atoms with Crippen LogP contribution >= 0.6 is 0 Å². The number of esters is 2. The van der Waals surface area contributed by atoms with Crippen molar-refractivity contribution < 1.29 is 57.3 Å². The number of rotatable bonds is 15. The Hall–Kier alpha value is -6.28. The van der Waals surface area contributed by atoms with Crippen molar-refractivity contribution in [1.82, 2.24) is 10.2 Å². The highest BCUT2D eigenvalue weighted by atomic mass is 16.6. The number of nitrogens with one attached hydrogen (secondary N) is 1. The van der Waals surface area contributed by atoms with Crippen LogP contribution in [0.2, 0.25) is 0 Å². The number of alkyl carbamates (subject to hydrolysis) is 1. The Morgan fingerprint density at radius 2 is 1.45 bits per heavy atom. The number of benzene rings is 3. The largest absolute Gasteiger partial charge is 0.525 e. The fraction of sp³-hybridized carbons (Fsp3) is 0.364. The molecule has 1 saturated heterocycles. The molecule has 14 nitrogen and oxygen atoms in total. The van der Waals surface area contributed by atoms with Crippen molar-refractivity contribution in [2.24, 2.45) is 0 Å². The lowest BCUT2D eigenvalue weighted by Gasteiger charge is -2.37. The predicted octanol–water partition coefficient (Wildman–Crippen LogP) is 6.52. The normalized spacial score (nSPS) is 17.5. The number of ether oxygens (including phenoxy) is 4. The number of fused-ring (bicyclic) bond motifs is 3. The second-order valence-corrected chi connectivity index (χ2v) is 15.2. The van der Waals surface area contributed by atoms with Gasteiger partial charge in [-0.15, -0.1) is 4.48 Å². The summed E-state index contributed by atoms with van der Waals surface area (Å²) in [6.07, 6.45) is 0.281. The molecule has 0 spiro atoms. The zero-order valence-corrected chi connectivity index (χ0v) is 33.0. The number of hydrogen-bond donors (Lipinski definition) is 2. The second kappa shape index (κ2) is 18.8. The lowest BCUT2D eigenvalue weighted by Crippen LogP contribution is -2.64. The summed E-state index contributed by atoms with van der Waals surface area (Å²) in [5.41, 5.74) is 4.12. The molecule has 1 aliphatic heterocycles. The first kappa shape index (κ1) is 42.9. The predicted molar refractivity (Wildman–Crippen MR) is 212 cm³/mol. The molecule has 5 rings (SSSR count). The van der Waals surface area contributed by atoms with Crippen molar-refractivity contribution >= 4 is 36.1 Å². The Labute approximate surface area is 337 Å². The molecule has 1 unspecified atom stereocenters. The molecule has 1 fully saturated rings. The van der Waals surface area contributed by atoms with E-state index in [1.54, 1.807) is 45.0 Å². The summed E-state index contributed by atoms with van der Waals surface area (Å²) >= 11 is 0. The van der Waals surface area contributed by atoms with Crippen LogP contribution in [0.1, 0.15) is 61.8 Å². The zero-order valence-electron chi connectivity index (χ0n) is 33.0. The molecular weight excluding hydrogens is 746 g/mol. The molecule has 2 N–H and O–H groups in total. The van der Waals surface area contributed by atoms with Gasteiger partial charge in [0, 0.05) is 12.3 Å². The number of hydrogen-bond acceptors (Lipinski definition) is 10. The second-order valence-electron chi connectivity index (χ2n) is 15.2. The third-order valence-electron chi connectivity index (χ3n) is 9.86. The number of urea groups is 1. The van der Waals surface area contributed by atoms with Crippen molar-refractivity contribution in [3.8, 4) is 11.1 Å². The number of carbonyl (C=O) groups is 6. The lowest BCUT2D eigenvalue weighted by molar-refractivity contribution is -0.769. The third kappa shape index (κ3) is 10.4. The topological polar surface area (TPSA) is 175 Å². The van der Waals surface area contributed by atoms with Gasteiger partial charge >= 0.3 is 36.1 Å². The summed E-state index contributed by atoms with van der Waals surface area (Å²) in [5, 5.41) is 12.1. The molecule has 14 heteroatoms. The highest BCUT2D eigenvalue weighted by Crippen LogP contribution is 2.44. The van der Waals surface area contributed by atoms with E-state index in [4.69, 9.17) is 18.9 Å². The number of carboxylic acids is 1. The van der Waals surface area contributed by atoms with Gasteiger partial charge in [0.25, 0.3) is 0 Å². The van der Waals surface area contributed by atoms with Gasteiger partial charge in [-0.25, -0.2) is 14.4 Å². The summed E-state index contributed by atoms with van der Waals surface area (Å²) in [6, 6.07) is 19.0. The van der Waals surface area contributed by atoms with Crippen molar-refractivity contribution in [3.63, 3.8) is 0 Å². The first-order valence-electron chi connectivity index (χ1n) is 19.0. The molecule has 3 atom stereocenters. The van der Waals surface area contributed by atoms with Gasteiger partial charge in [-0.2, -0.15) is 4.79 Å². The maximum Gasteiger partial charge on any atom is 0.525 e. The minimum atomic E-state index is -1.59. The molecule has 3 aromatic rings. The molecule has 0 radical (unpaired) electrons. The Balaban J connectivity index is 1.44. The zero-order chi connectivity index (χ0) is 42.0. The van der Waals surface area contributed by atoms with Gasteiger partial charge in [-0.1, -0.05) is 98.1 Å². The van der Waals surface area contributed by atoms with Gasteiger partial charge in [0.15, 0.2) is 0 Å². The average molecular weight is 797 g/mol. The molecule has 0 saturated carbocycles. The number of imide groups is 1. The fourth-order valence-electron chi connectivity index (χ4n) is 7.24. The van der Waals surface area contributed by atoms with E-state index >= 15 is 4.79 Å². The van der Waals surface area contributed by atoms with Crippen molar-refractivity contribution in [3.05, 3.63) is 120 Å². The summed E-state index contributed by atoms with van der Waals surface area (Å²) in [4.78, 5) is 82.1. The highest BCUT2D eigenvalue weighted by Gasteiger charge is 2.57. The third-order valence-corrected chi connectivity index (χ3v) is 9.86.